The van der Waals surface area contributed by atoms with Crippen molar-refractivity contribution in [3.8, 4) is 0 Å². The Labute approximate surface area is 203 Å². The summed E-state index contributed by atoms with van der Waals surface area (Å²) in [6.07, 6.45) is 1.55. The maximum absolute atomic E-state index is 12.8. The molecule has 2 aromatic heterocycles. The van der Waals surface area contributed by atoms with Crippen molar-refractivity contribution in [1.82, 2.24) is 4.57 Å². The summed E-state index contributed by atoms with van der Waals surface area (Å²) in [5.41, 5.74) is 1.62. The van der Waals surface area contributed by atoms with Crippen molar-refractivity contribution in [1.29, 1.82) is 0 Å². The van der Waals surface area contributed by atoms with E-state index in [0.29, 0.717) is 31.9 Å². The van der Waals surface area contributed by atoms with Crippen molar-refractivity contribution < 1.29 is 9.59 Å². The van der Waals surface area contributed by atoms with Crippen LogP contribution in [0.4, 0.5) is 11.4 Å². The van der Waals surface area contributed by atoms with Crippen LogP contribution in [0.5, 0.6) is 0 Å². The van der Waals surface area contributed by atoms with Crippen LogP contribution in [-0.2, 0) is 6.54 Å². The van der Waals surface area contributed by atoms with Gasteiger partial charge in [-0.05, 0) is 47.3 Å². The molecule has 0 aliphatic carbocycles. The number of anilines is 2. The summed E-state index contributed by atoms with van der Waals surface area (Å²) < 4.78 is 1.46. The Morgan fingerprint density at radius 3 is 2.45 bits per heavy atom. The molecule has 2 heterocycles. The first kappa shape index (κ1) is 22.8. The molecule has 0 unspecified atom stereocenters. The Balaban J connectivity index is 1.52. The number of halogens is 2. The van der Waals surface area contributed by atoms with Crippen molar-refractivity contribution in [3.05, 3.63) is 115 Å². The second-order valence-electron chi connectivity index (χ2n) is 7.06. The fraction of sp³-hybridized carbons (Fsp3) is 0.0417. The number of aromatic nitrogens is 1. The van der Waals surface area contributed by atoms with Crippen LogP contribution in [0.1, 0.15) is 25.6 Å². The summed E-state index contributed by atoms with van der Waals surface area (Å²) in [4.78, 5) is 38.0. The zero-order valence-electron chi connectivity index (χ0n) is 17.0. The highest BCUT2D eigenvalue weighted by Crippen LogP contribution is 2.25. The summed E-state index contributed by atoms with van der Waals surface area (Å²) >= 11 is 13.7. The first-order valence-electron chi connectivity index (χ1n) is 9.80. The zero-order valence-corrected chi connectivity index (χ0v) is 19.4. The molecule has 0 aliphatic heterocycles. The van der Waals surface area contributed by atoms with Gasteiger partial charge in [0, 0.05) is 22.8 Å². The highest BCUT2D eigenvalue weighted by molar-refractivity contribution is 7.12. The highest BCUT2D eigenvalue weighted by atomic mass is 35.5. The Hall–Kier alpha value is -3.39. The number of carbonyl (C=O) groups excluding carboxylic acids is 2. The summed E-state index contributed by atoms with van der Waals surface area (Å²) in [6.45, 7) is 0.266. The molecule has 2 N–H and O–H groups in total. The largest absolute Gasteiger partial charge is 0.321 e. The molecule has 0 fully saturated rings. The smallest absolute Gasteiger partial charge is 0.265 e. The maximum Gasteiger partial charge on any atom is 0.265 e. The number of pyridine rings is 1. The van der Waals surface area contributed by atoms with Gasteiger partial charge in [-0.3, -0.25) is 14.4 Å². The summed E-state index contributed by atoms with van der Waals surface area (Å²) in [5, 5.41) is 8.15. The fourth-order valence-electron chi connectivity index (χ4n) is 3.10. The fourth-order valence-corrected chi connectivity index (χ4v) is 4.08. The monoisotopic (exact) mass is 497 g/mol. The molecule has 0 saturated carbocycles. The third-order valence-corrected chi connectivity index (χ3v) is 6.33. The van der Waals surface area contributed by atoms with Crippen LogP contribution in [-0.4, -0.2) is 16.4 Å². The predicted molar refractivity (Wildman–Crippen MR) is 133 cm³/mol. The van der Waals surface area contributed by atoms with E-state index < -0.39 is 5.91 Å². The van der Waals surface area contributed by atoms with Crippen molar-refractivity contribution in [3.63, 3.8) is 0 Å². The van der Waals surface area contributed by atoms with Gasteiger partial charge < -0.3 is 15.2 Å². The molecule has 0 saturated heterocycles. The quantitative estimate of drug-likeness (QED) is 0.354. The van der Waals surface area contributed by atoms with Gasteiger partial charge in [-0.2, -0.15) is 0 Å². The van der Waals surface area contributed by atoms with E-state index in [4.69, 9.17) is 23.2 Å². The number of nitrogens with zero attached hydrogens (tertiary/aromatic N) is 1. The lowest BCUT2D eigenvalue weighted by molar-refractivity contribution is 0.101. The second-order valence-corrected chi connectivity index (χ2v) is 8.82. The minimum atomic E-state index is -0.416. The van der Waals surface area contributed by atoms with E-state index in [1.54, 1.807) is 41.9 Å². The van der Waals surface area contributed by atoms with Crippen LogP contribution in [0, 0.1) is 0 Å². The van der Waals surface area contributed by atoms with Crippen molar-refractivity contribution >= 4 is 57.7 Å². The Morgan fingerprint density at radius 1 is 0.879 bits per heavy atom. The standard InChI is InChI=1S/C24H17Cl2N3O3S/c25-18-5-2-1-4-16(18)13-29-14-17(8-10-22(29)30)27-23(31)15-7-9-19(26)20(12-15)28-24(32)21-6-3-11-33-21/h1-12,14H,13H2,(H,27,31)(H,28,32). The van der Waals surface area contributed by atoms with Crippen LogP contribution in [0.3, 0.4) is 0 Å². The number of nitrogens with one attached hydrogen (secondary N) is 2. The Morgan fingerprint density at radius 2 is 1.70 bits per heavy atom. The number of hydrogen-bond donors (Lipinski definition) is 2. The van der Waals surface area contributed by atoms with E-state index in [0.717, 1.165) is 5.56 Å². The van der Waals surface area contributed by atoms with Crippen molar-refractivity contribution in [2.75, 3.05) is 10.6 Å². The topological polar surface area (TPSA) is 80.2 Å². The van der Waals surface area contributed by atoms with Crippen molar-refractivity contribution in [2.24, 2.45) is 0 Å². The molecule has 4 rings (SSSR count). The van der Waals surface area contributed by atoms with Gasteiger partial charge in [-0.15, -0.1) is 11.3 Å². The van der Waals surface area contributed by atoms with E-state index in [1.807, 2.05) is 18.2 Å². The molecular weight excluding hydrogens is 481 g/mol. The molecule has 0 bridgehead atoms. The van der Waals surface area contributed by atoms with Crippen LogP contribution < -0.4 is 16.2 Å². The first-order valence-corrected chi connectivity index (χ1v) is 11.4. The molecule has 9 heteroatoms. The molecular formula is C24H17Cl2N3O3S. The summed E-state index contributed by atoms with van der Waals surface area (Å²) in [6, 6.07) is 18.2. The van der Waals surface area contributed by atoms with Crippen LogP contribution in [0.25, 0.3) is 0 Å². The van der Waals surface area contributed by atoms with Gasteiger partial charge in [0.1, 0.15) is 0 Å². The third-order valence-electron chi connectivity index (χ3n) is 4.76. The Kier molecular flexibility index (Phi) is 6.93. The molecule has 6 nitrogen and oxygen atoms in total. The van der Waals surface area contributed by atoms with Gasteiger partial charge >= 0.3 is 0 Å². The number of rotatable bonds is 6. The first-order chi connectivity index (χ1) is 15.9. The number of carbonyl (C=O) groups is 2. The number of hydrogen-bond acceptors (Lipinski definition) is 4. The van der Waals surface area contributed by atoms with Gasteiger partial charge in [-0.25, -0.2) is 0 Å². The lowest BCUT2D eigenvalue weighted by Crippen LogP contribution is -2.21. The zero-order chi connectivity index (χ0) is 23.4. The molecule has 0 aliphatic rings. The van der Waals surface area contributed by atoms with Crippen LogP contribution in [0.2, 0.25) is 10.0 Å². The highest BCUT2D eigenvalue weighted by Gasteiger charge is 2.14. The second kappa shape index (κ2) is 10.0. The minimum absolute atomic E-state index is 0.224. The predicted octanol–water partition coefficient (Wildman–Crippen LogP) is 5.77. The molecule has 0 atom stereocenters. The van der Waals surface area contributed by atoms with E-state index in [2.05, 4.69) is 10.6 Å². The molecule has 4 aromatic rings. The van der Waals surface area contributed by atoms with Crippen LogP contribution in [0.15, 0.2) is 83.1 Å². The van der Waals surface area contributed by atoms with E-state index >= 15 is 0 Å². The molecule has 0 radical (unpaired) electrons. The normalized spacial score (nSPS) is 10.6. The third kappa shape index (κ3) is 5.51. The molecule has 166 valence electrons. The van der Waals surface area contributed by atoms with Crippen LogP contribution >= 0.6 is 34.5 Å². The van der Waals surface area contributed by atoms with E-state index in [1.165, 1.54) is 34.1 Å². The van der Waals surface area contributed by atoms with Gasteiger partial charge in [0.25, 0.3) is 17.4 Å². The van der Waals surface area contributed by atoms with Gasteiger partial charge in [0.05, 0.1) is 27.8 Å². The summed E-state index contributed by atoms with van der Waals surface area (Å²) in [5.74, 6) is -0.725. The SMILES string of the molecule is O=C(Nc1ccc(=O)n(Cc2ccccc2Cl)c1)c1ccc(Cl)c(NC(=O)c2cccs2)c1. The number of benzene rings is 2. The lowest BCUT2D eigenvalue weighted by atomic mass is 10.1. The van der Waals surface area contributed by atoms with E-state index in [9.17, 15) is 14.4 Å². The van der Waals surface area contributed by atoms with Gasteiger partial charge in [0.15, 0.2) is 0 Å². The Bertz CT molecular complexity index is 1380. The number of amides is 2. The van der Waals surface area contributed by atoms with Crippen molar-refractivity contribution in [2.45, 2.75) is 6.54 Å². The average Bonchev–Trinajstić information content (AvgIpc) is 3.34. The molecule has 33 heavy (non-hydrogen) atoms. The molecule has 2 amide bonds. The van der Waals surface area contributed by atoms with Gasteiger partial charge in [0.2, 0.25) is 0 Å². The number of thiophene rings is 1. The molecule has 0 spiro atoms. The lowest BCUT2D eigenvalue weighted by Gasteiger charge is -2.12. The minimum Gasteiger partial charge on any atom is -0.321 e. The average molecular weight is 498 g/mol. The van der Waals surface area contributed by atoms with E-state index in [-0.39, 0.29) is 18.0 Å². The van der Waals surface area contributed by atoms with Gasteiger partial charge in [-0.1, -0.05) is 47.5 Å². The maximum atomic E-state index is 12.8. The molecule has 2 aromatic carbocycles. The summed E-state index contributed by atoms with van der Waals surface area (Å²) in [7, 11) is 0.